The fourth-order valence-corrected chi connectivity index (χ4v) is 3.37. The Balaban J connectivity index is 2.41. The first-order valence-corrected chi connectivity index (χ1v) is 8.70. The lowest BCUT2D eigenvalue weighted by Gasteiger charge is -2.27. The molecule has 1 fully saturated rings. The number of nitrogens with one attached hydrogen (secondary N) is 2. The number of hydrogen-bond acceptors (Lipinski definition) is 3. The van der Waals surface area contributed by atoms with Gasteiger partial charge in [-0.2, -0.15) is 0 Å². The minimum Gasteiger partial charge on any atom is -0.316 e. The Labute approximate surface area is 115 Å². The molecule has 2 N–H and O–H groups in total. The smallest absolute Gasteiger partial charge is 0.229 e. The lowest BCUT2D eigenvalue weighted by Crippen LogP contribution is -2.29. The molecule has 0 bridgehead atoms. The van der Waals surface area contributed by atoms with E-state index in [0.29, 0.717) is 5.92 Å². The van der Waals surface area contributed by atoms with Crippen molar-refractivity contribution in [2.45, 2.75) is 32.1 Å². The van der Waals surface area contributed by atoms with Crippen LogP contribution in [-0.4, -0.2) is 27.8 Å². The Morgan fingerprint density at radius 1 is 1.42 bits per heavy atom. The first-order valence-electron chi connectivity index (χ1n) is 6.81. The van der Waals surface area contributed by atoms with Crippen LogP contribution in [-0.2, 0) is 16.4 Å². The lowest BCUT2D eigenvalue weighted by molar-refractivity contribution is 0.460. The summed E-state index contributed by atoms with van der Waals surface area (Å²) in [7, 11) is -3.23. The van der Waals surface area contributed by atoms with Crippen molar-refractivity contribution in [3.8, 4) is 0 Å². The zero-order valence-electron chi connectivity index (χ0n) is 11.6. The van der Waals surface area contributed by atoms with E-state index in [-0.39, 0.29) is 0 Å². The SMILES string of the molecule is CCc1cccc(NS(C)(=O)=O)c1C1CCCNC1. The van der Waals surface area contributed by atoms with Gasteiger partial charge in [-0.15, -0.1) is 0 Å². The maximum absolute atomic E-state index is 11.5. The first kappa shape index (κ1) is 14.3. The Hall–Kier alpha value is -1.07. The average Bonchev–Trinajstić information content (AvgIpc) is 2.37. The van der Waals surface area contributed by atoms with E-state index in [2.05, 4.69) is 23.0 Å². The predicted molar refractivity (Wildman–Crippen MR) is 79.1 cm³/mol. The number of piperidine rings is 1. The molecule has 0 saturated carbocycles. The van der Waals surface area contributed by atoms with Crippen LogP contribution >= 0.6 is 0 Å². The zero-order valence-corrected chi connectivity index (χ0v) is 12.4. The summed E-state index contributed by atoms with van der Waals surface area (Å²) >= 11 is 0. The average molecular weight is 282 g/mol. The monoisotopic (exact) mass is 282 g/mol. The van der Waals surface area contributed by atoms with Crippen molar-refractivity contribution < 1.29 is 8.42 Å². The molecule has 1 heterocycles. The van der Waals surface area contributed by atoms with E-state index in [1.54, 1.807) is 0 Å². The van der Waals surface area contributed by atoms with Crippen molar-refractivity contribution in [3.63, 3.8) is 0 Å². The maximum Gasteiger partial charge on any atom is 0.229 e. The van der Waals surface area contributed by atoms with Gasteiger partial charge in [-0.1, -0.05) is 19.1 Å². The summed E-state index contributed by atoms with van der Waals surface area (Å²) in [6, 6.07) is 5.88. The second-order valence-electron chi connectivity index (χ2n) is 5.15. The fourth-order valence-electron chi connectivity index (χ4n) is 2.79. The lowest BCUT2D eigenvalue weighted by atomic mass is 9.86. The Bertz CT molecular complexity index is 534. The van der Waals surface area contributed by atoms with Crippen LogP contribution in [0.3, 0.4) is 0 Å². The van der Waals surface area contributed by atoms with Gasteiger partial charge in [0.05, 0.1) is 11.9 Å². The number of aryl methyl sites for hydroxylation is 1. The Morgan fingerprint density at radius 2 is 2.21 bits per heavy atom. The predicted octanol–water partition coefficient (Wildman–Crippen LogP) is 2.09. The van der Waals surface area contributed by atoms with Crippen LogP contribution < -0.4 is 10.0 Å². The normalized spacial score (nSPS) is 20.2. The molecule has 1 aromatic carbocycles. The number of anilines is 1. The summed E-state index contributed by atoms with van der Waals surface area (Å²) in [4.78, 5) is 0. The molecule has 0 spiro atoms. The van der Waals surface area contributed by atoms with Crippen LogP contribution in [0.15, 0.2) is 18.2 Å². The van der Waals surface area contributed by atoms with Gasteiger partial charge in [0.2, 0.25) is 10.0 Å². The van der Waals surface area contributed by atoms with Gasteiger partial charge in [-0.3, -0.25) is 4.72 Å². The highest BCUT2D eigenvalue weighted by atomic mass is 32.2. The molecular weight excluding hydrogens is 260 g/mol. The van der Waals surface area contributed by atoms with Crippen LogP contribution in [0.4, 0.5) is 5.69 Å². The van der Waals surface area contributed by atoms with E-state index >= 15 is 0 Å². The van der Waals surface area contributed by atoms with Crippen LogP contribution in [0, 0.1) is 0 Å². The van der Waals surface area contributed by atoms with Gasteiger partial charge in [-0.05, 0) is 48.9 Å². The van der Waals surface area contributed by atoms with E-state index in [0.717, 1.165) is 38.0 Å². The molecule has 1 aromatic rings. The van der Waals surface area contributed by atoms with Crippen molar-refractivity contribution in [2.75, 3.05) is 24.1 Å². The minimum absolute atomic E-state index is 0.397. The molecule has 0 aromatic heterocycles. The van der Waals surface area contributed by atoms with Crippen molar-refractivity contribution in [3.05, 3.63) is 29.3 Å². The van der Waals surface area contributed by atoms with E-state index < -0.39 is 10.0 Å². The van der Waals surface area contributed by atoms with Gasteiger partial charge in [0.15, 0.2) is 0 Å². The standard InChI is InChI=1S/C14H22N2O2S/c1-3-11-6-4-8-13(16-19(2,17)18)14(11)12-7-5-9-15-10-12/h4,6,8,12,15-16H,3,5,7,9-10H2,1-2H3. The maximum atomic E-state index is 11.5. The third kappa shape index (κ3) is 3.70. The van der Waals surface area contributed by atoms with Crippen LogP contribution in [0.5, 0.6) is 0 Å². The molecule has 1 unspecified atom stereocenters. The van der Waals surface area contributed by atoms with Crippen molar-refractivity contribution >= 4 is 15.7 Å². The molecule has 5 heteroatoms. The van der Waals surface area contributed by atoms with Crippen molar-refractivity contribution in [2.24, 2.45) is 0 Å². The molecule has 1 aliphatic rings. The van der Waals surface area contributed by atoms with Gasteiger partial charge >= 0.3 is 0 Å². The van der Waals surface area contributed by atoms with E-state index in [1.807, 2.05) is 12.1 Å². The second kappa shape index (κ2) is 5.92. The van der Waals surface area contributed by atoms with Gasteiger partial charge in [0, 0.05) is 6.54 Å². The summed E-state index contributed by atoms with van der Waals surface area (Å²) in [5.74, 6) is 0.397. The summed E-state index contributed by atoms with van der Waals surface area (Å²) < 4.78 is 25.7. The molecule has 0 amide bonds. The molecule has 106 valence electrons. The number of sulfonamides is 1. The molecule has 1 aliphatic heterocycles. The van der Waals surface area contributed by atoms with Gasteiger partial charge in [-0.25, -0.2) is 8.42 Å². The summed E-state index contributed by atoms with van der Waals surface area (Å²) in [5, 5.41) is 3.40. The van der Waals surface area contributed by atoms with Crippen molar-refractivity contribution in [1.29, 1.82) is 0 Å². The second-order valence-corrected chi connectivity index (χ2v) is 6.90. The van der Waals surface area contributed by atoms with Crippen LogP contribution in [0.2, 0.25) is 0 Å². The van der Waals surface area contributed by atoms with Gasteiger partial charge in [0.1, 0.15) is 0 Å². The number of benzene rings is 1. The molecular formula is C14H22N2O2S. The zero-order chi connectivity index (χ0) is 13.9. The molecule has 1 saturated heterocycles. The Kier molecular flexibility index (Phi) is 4.47. The third-order valence-corrected chi connectivity index (χ3v) is 4.17. The van der Waals surface area contributed by atoms with Crippen LogP contribution in [0.1, 0.15) is 36.8 Å². The fraction of sp³-hybridized carbons (Fsp3) is 0.571. The topological polar surface area (TPSA) is 58.2 Å². The Morgan fingerprint density at radius 3 is 2.79 bits per heavy atom. The molecule has 4 nitrogen and oxygen atoms in total. The van der Waals surface area contributed by atoms with Gasteiger partial charge < -0.3 is 5.32 Å². The summed E-state index contributed by atoms with van der Waals surface area (Å²) in [6.45, 7) is 4.09. The van der Waals surface area contributed by atoms with E-state index in [4.69, 9.17) is 0 Å². The highest BCUT2D eigenvalue weighted by molar-refractivity contribution is 7.92. The van der Waals surface area contributed by atoms with Crippen molar-refractivity contribution in [1.82, 2.24) is 5.32 Å². The third-order valence-electron chi connectivity index (χ3n) is 3.58. The molecule has 2 rings (SSSR count). The highest BCUT2D eigenvalue weighted by Gasteiger charge is 2.21. The number of hydrogen-bond donors (Lipinski definition) is 2. The molecule has 0 aliphatic carbocycles. The number of rotatable bonds is 4. The molecule has 0 radical (unpaired) electrons. The van der Waals surface area contributed by atoms with E-state index in [9.17, 15) is 8.42 Å². The first-order chi connectivity index (χ1) is 9.01. The molecule has 1 atom stereocenters. The highest BCUT2D eigenvalue weighted by Crippen LogP contribution is 2.33. The van der Waals surface area contributed by atoms with Gasteiger partial charge in [0.25, 0.3) is 0 Å². The van der Waals surface area contributed by atoms with Crippen LogP contribution in [0.25, 0.3) is 0 Å². The summed E-state index contributed by atoms with van der Waals surface area (Å²) in [5.41, 5.74) is 3.15. The summed E-state index contributed by atoms with van der Waals surface area (Å²) in [6.07, 6.45) is 4.38. The minimum atomic E-state index is -3.23. The largest absolute Gasteiger partial charge is 0.316 e. The quantitative estimate of drug-likeness (QED) is 0.889. The molecule has 19 heavy (non-hydrogen) atoms. The van der Waals surface area contributed by atoms with E-state index in [1.165, 1.54) is 17.4 Å².